The van der Waals surface area contributed by atoms with Gasteiger partial charge in [-0.25, -0.2) is 0 Å². The Bertz CT molecular complexity index is 695. The Kier molecular flexibility index (Phi) is 6.03. The van der Waals surface area contributed by atoms with Crippen molar-refractivity contribution in [3.63, 3.8) is 0 Å². The summed E-state index contributed by atoms with van der Waals surface area (Å²) in [5.74, 6) is -31.4. The summed E-state index contributed by atoms with van der Waals surface area (Å²) in [6.45, 7) is 1.33. The highest BCUT2D eigenvalue weighted by atomic mass is 32.2. The van der Waals surface area contributed by atoms with Gasteiger partial charge in [0.25, 0.3) is 0 Å². The molecule has 28 heavy (non-hydrogen) atoms. The molecule has 0 heterocycles. The van der Waals surface area contributed by atoms with E-state index in [1.165, 1.54) is 6.92 Å². The number of alkyl halides is 13. The zero-order chi connectivity index (χ0) is 22.6. The van der Waals surface area contributed by atoms with E-state index in [1.807, 2.05) is 0 Å². The summed E-state index contributed by atoms with van der Waals surface area (Å²) >= 11 is -4.52. The molecule has 1 aromatic rings. The van der Waals surface area contributed by atoms with Crippen molar-refractivity contribution in [1.29, 1.82) is 0 Å². The van der Waals surface area contributed by atoms with Crippen LogP contribution in [0.3, 0.4) is 0 Å². The largest absolute Gasteiger partial charge is 0.607 e. The predicted molar refractivity (Wildman–Crippen MR) is 68.4 cm³/mol. The molecule has 1 aromatic carbocycles. The zero-order valence-corrected chi connectivity index (χ0v) is 13.9. The van der Waals surface area contributed by atoms with Crippen LogP contribution in [0.2, 0.25) is 0 Å². The van der Waals surface area contributed by atoms with Crippen molar-refractivity contribution in [2.24, 2.45) is 0 Å². The van der Waals surface area contributed by atoms with Crippen molar-refractivity contribution >= 4 is 11.2 Å². The van der Waals surface area contributed by atoms with Gasteiger partial charge in [0, 0.05) is 0 Å². The molecule has 0 saturated heterocycles. The number of rotatable bonds is 6. The zero-order valence-electron chi connectivity index (χ0n) is 13.0. The van der Waals surface area contributed by atoms with Crippen LogP contribution in [0, 0.1) is 6.92 Å². The monoisotopic (exact) mass is 458 g/mol. The van der Waals surface area contributed by atoms with E-state index >= 15 is 0 Å². The summed E-state index contributed by atoms with van der Waals surface area (Å²) in [5, 5.41) is -6.66. The maximum atomic E-state index is 13.7. The minimum atomic E-state index is -8.01. The van der Waals surface area contributed by atoms with Crippen molar-refractivity contribution in [1.82, 2.24) is 0 Å². The quantitative estimate of drug-likeness (QED) is 0.391. The fourth-order valence-corrected chi connectivity index (χ4v) is 2.72. The lowest BCUT2D eigenvalue weighted by Crippen LogP contribution is -2.71. The van der Waals surface area contributed by atoms with Gasteiger partial charge in [0.05, 0.1) is 11.2 Å². The molecule has 162 valence electrons. The summed E-state index contributed by atoms with van der Waals surface area (Å²) in [4.78, 5) is -1.29. The van der Waals surface area contributed by atoms with E-state index in [2.05, 4.69) is 0 Å². The molecule has 1 atom stereocenters. The smallest absolute Gasteiger partial charge is 0.483 e. The molecule has 1 unspecified atom stereocenters. The van der Waals surface area contributed by atoms with Gasteiger partial charge in [-0.1, -0.05) is 17.7 Å². The summed E-state index contributed by atoms with van der Waals surface area (Å²) < 4.78 is 180. The molecule has 0 radical (unpaired) electrons. The van der Waals surface area contributed by atoms with Gasteiger partial charge in [0.1, 0.15) is 0 Å². The molecular formula is C13H7F13OS. The van der Waals surface area contributed by atoms with Crippen molar-refractivity contribution in [2.75, 3.05) is 0 Å². The first kappa shape index (κ1) is 24.7. The van der Waals surface area contributed by atoms with Crippen molar-refractivity contribution in [3.05, 3.63) is 29.8 Å². The van der Waals surface area contributed by atoms with Crippen LogP contribution in [0.5, 0.6) is 0 Å². The third-order valence-corrected chi connectivity index (χ3v) is 4.79. The number of hydrogen-bond donors (Lipinski definition) is 0. The molecule has 15 heteroatoms. The van der Waals surface area contributed by atoms with Crippen LogP contribution in [-0.4, -0.2) is 39.7 Å². The lowest BCUT2D eigenvalue weighted by Gasteiger charge is -2.39. The molecule has 1 nitrogen and oxygen atoms in total. The maximum absolute atomic E-state index is 13.7. The molecule has 1 rings (SSSR count). The summed E-state index contributed by atoms with van der Waals surface area (Å²) in [6, 6.07) is 2.67. The van der Waals surface area contributed by atoms with Crippen molar-refractivity contribution < 1.29 is 61.6 Å². The minimum absolute atomic E-state index is 0.275. The third-order valence-electron chi connectivity index (χ3n) is 3.37. The van der Waals surface area contributed by atoms with Crippen LogP contribution in [0.4, 0.5) is 57.1 Å². The lowest BCUT2D eigenvalue weighted by molar-refractivity contribution is -0.433. The van der Waals surface area contributed by atoms with Crippen LogP contribution in [0.1, 0.15) is 5.56 Å². The highest BCUT2D eigenvalue weighted by Gasteiger charge is 2.93. The Morgan fingerprint density at radius 3 is 1.32 bits per heavy atom. The summed E-state index contributed by atoms with van der Waals surface area (Å²) in [5.41, 5.74) is 0.275. The van der Waals surface area contributed by atoms with Crippen LogP contribution < -0.4 is 0 Å². The molecule has 0 fully saturated rings. The highest BCUT2D eigenvalue weighted by molar-refractivity contribution is 7.92. The van der Waals surface area contributed by atoms with E-state index in [0.717, 1.165) is 12.1 Å². The number of aryl methyl sites for hydroxylation is 1. The molecule has 0 spiro atoms. The van der Waals surface area contributed by atoms with Gasteiger partial charge in [0.15, 0.2) is 4.90 Å². The Hall–Kier alpha value is -1.38. The van der Waals surface area contributed by atoms with Crippen LogP contribution in [0.25, 0.3) is 0 Å². The van der Waals surface area contributed by atoms with Crippen LogP contribution in [0.15, 0.2) is 29.2 Å². The number of hydrogen-bond acceptors (Lipinski definition) is 1. The Morgan fingerprint density at radius 2 is 0.964 bits per heavy atom. The topological polar surface area (TPSA) is 23.1 Å². The second-order valence-electron chi connectivity index (χ2n) is 5.39. The summed E-state index contributed by atoms with van der Waals surface area (Å²) in [6.07, 6.45) is -7.48. The van der Waals surface area contributed by atoms with Crippen LogP contribution >= 0.6 is 0 Å². The first-order chi connectivity index (χ1) is 12.2. The van der Waals surface area contributed by atoms with Gasteiger partial charge in [-0.15, -0.1) is 8.78 Å². The molecule has 0 saturated carbocycles. The molecule has 0 aliphatic rings. The van der Waals surface area contributed by atoms with E-state index in [4.69, 9.17) is 0 Å². The standard InChI is InChI=1S/C13H7F13OS/c1-6-2-4-7(5-3-6)28(27)13(25,26)11(20,21)9(16,17)8(14,15)10(18,19)12(22,23)24/h2-5H,1H3. The Morgan fingerprint density at radius 1 is 0.607 bits per heavy atom. The van der Waals surface area contributed by atoms with E-state index in [-0.39, 0.29) is 5.56 Å². The first-order valence-corrected chi connectivity index (χ1v) is 7.75. The fraction of sp³-hybridized carbons (Fsp3) is 0.538. The molecule has 0 bridgehead atoms. The number of halogens is 13. The lowest BCUT2D eigenvalue weighted by atomic mass is 9.98. The number of benzene rings is 1. The first-order valence-electron chi connectivity index (χ1n) is 6.60. The normalized spacial score (nSPS) is 16.2. The average Bonchev–Trinajstić information content (AvgIpc) is 2.53. The van der Waals surface area contributed by atoms with E-state index in [1.54, 1.807) is 0 Å². The molecular weight excluding hydrogens is 451 g/mol. The van der Waals surface area contributed by atoms with Crippen LogP contribution in [-0.2, 0) is 11.2 Å². The third kappa shape index (κ3) is 3.39. The van der Waals surface area contributed by atoms with Gasteiger partial charge in [-0.05, 0) is 19.1 Å². The predicted octanol–water partition coefficient (Wildman–Crippen LogP) is 5.80. The second-order valence-corrected chi connectivity index (χ2v) is 6.92. The van der Waals surface area contributed by atoms with Gasteiger partial charge < -0.3 is 4.55 Å². The minimum Gasteiger partial charge on any atom is -0.607 e. The van der Waals surface area contributed by atoms with Gasteiger partial charge in [-0.3, -0.25) is 0 Å². The molecule has 0 aliphatic carbocycles. The van der Waals surface area contributed by atoms with E-state index in [9.17, 15) is 61.6 Å². The average molecular weight is 458 g/mol. The van der Waals surface area contributed by atoms with E-state index < -0.39 is 51.2 Å². The maximum Gasteiger partial charge on any atom is 0.483 e. The second kappa shape index (κ2) is 6.85. The Balaban J connectivity index is 3.50. The SMILES string of the molecule is Cc1ccc([S+]([O-])C(F)(F)C(F)(F)C(F)(F)C(F)(F)C(F)(F)C(F)(F)F)cc1. The molecule has 0 amide bonds. The summed E-state index contributed by atoms with van der Waals surface area (Å²) in [7, 11) is 0. The van der Waals surface area contributed by atoms with Crippen molar-refractivity contribution in [2.45, 2.75) is 46.9 Å². The molecule has 0 N–H and O–H groups in total. The van der Waals surface area contributed by atoms with Gasteiger partial charge in [-0.2, -0.15) is 48.3 Å². The van der Waals surface area contributed by atoms with Crippen molar-refractivity contribution in [3.8, 4) is 0 Å². The van der Waals surface area contributed by atoms with E-state index in [0.29, 0.717) is 12.1 Å². The molecule has 0 aliphatic heterocycles. The highest BCUT2D eigenvalue weighted by Crippen LogP contribution is 2.61. The Labute approximate surface area is 150 Å². The van der Waals surface area contributed by atoms with Gasteiger partial charge >= 0.3 is 35.1 Å². The fourth-order valence-electron chi connectivity index (χ4n) is 1.68. The van der Waals surface area contributed by atoms with Gasteiger partial charge in [0.2, 0.25) is 0 Å². The molecule has 0 aromatic heterocycles.